The Morgan fingerprint density at radius 2 is 2.36 bits per heavy atom. The molecule has 1 aromatic carbocycles. The Bertz CT molecular complexity index is 487. The first kappa shape index (κ1) is 8.00. The highest BCUT2D eigenvalue weighted by atomic mass is 16.3. The standard InChI is InChI=1S/C11H12N2O/c14-7-10-12-9-5-1-3-8-4-2-6-13(10)11(8)9/h1,3,5,14H,2,4,6-7H2. The number of aliphatic hydroxyl groups excluding tert-OH is 1. The van der Waals surface area contributed by atoms with Crippen LogP contribution in [0.4, 0.5) is 0 Å². The van der Waals surface area contributed by atoms with E-state index >= 15 is 0 Å². The van der Waals surface area contributed by atoms with Crippen LogP contribution in [0.2, 0.25) is 0 Å². The number of benzene rings is 1. The van der Waals surface area contributed by atoms with Gasteiger partial charge in [0.2, 0.25) is 0 Å². The van der Waals surface area contributed by atoms with E-state index in [1.807, 2.05) is 12.1 Å². The average molecular weight is 188 g/mol. The summed E-state index contributed by atoms with van der Waals surface area (Å²) in [5.41, 5.74) is 3.61. The Kier molecular flexibility index (Phi) is 1.61. The molecule has 0 amide bonds. The maximum atomic E-state index is 9.18. The highest BCUT2D eigenvalue weighted by molar-refractivity contribution is 5.80. The highest BCUT2D eigenvalue weighted by Gasteiger charge is 2.16. The molecule has 2 heterocycles. The fourth-order valence-electron chi connectivity index (χ4n) is 2.30. The first-order chi connectivity index (χ1) is 6.90. The van der Waals surface area contributed by atoms with E-state index in [0.29, 0.717) is 0 Å². The van der Waals surface area contributed by atoms with Gasteiger partial charge in [-0.15, -0.1) is 0 Å². The Morgan fingerprint density at radius 1 is 1.43 bits per heavy atom. The van der Waals surface area contributed by atoms with Gasteiger partial charge in [-0.05, 0) is 24.5 Å². The molecule has 0 radical (unpaired) electrons. The second-order valence-corrected chi connectivity index (χ2v) is 3.73. The number of aryl methyl sites for hydroxylation is 2. The second-order valence-electron chi connectivity index (χ2n) is 3.73. The van der Waals surface area contributed by atoms with E-state index in [9.17, 15) is 5.11 Å². The molecule has 3 nitrogen and oxygen atoms in total. The van der Waals surface area contributed by atoms with Gasteiger partial charge in [0.1, 0.15) is 12.4 Å². The number of aromatic nitrogens is 2. The zero-order chi connectivity index (χ0) is 9.54. The summed E-state index contributed by atoms with van der Waals surface area (Å²) in [6.07, 6.45) is 2.28. The molecule has 14 heavy (non-hydrogen) atoms. The van der Waals surface area contributed by atoms with Crippen LogP contribution in [0.1, 0.15) is 17.8 Å². The van der Waals surface area contributed by atoms with E-state index in [1.165, 1.54) is 11.1 Å². The molecule has 0 atom stereocenters. The predicted molar refractivity (Wildman–Crippen MR) is 54.0 cm³/mol. The molecule has 0 fully saturated rings. The number of nitrogens with zero attached hydrogens (tertiary/aromatic N) is 2. The first-order valence-electron chi connectivity index (χ1n) is 4.98. The summed E-state index contributed by atoms with van der Waals surface area (Å²) in [6, 6.07) is 6.21. The molecule has 72 valence electrons. The highest BCUT2D eigenvalue weighted by Crippen LogP contribution is 2.26. The van der Waals surface area contributed by atoms with Crippen molar-refractivity contribution >= 4 is 11.0 Å². The van der Waals surface area contributed by atoms with Crippen LogP contribution in [0.3, 0.4) is 0 Å². The van der Waals surface area contributed by atoms with Crippen molar-refractivity contribution < 1.29 is 5.11 Å². The third-order valence-electron chi connectivity index (χ3n) is 2.90. The number of hydrogen-bond acceptors (Lipinski definition) is 2. The number of para-hydroxylation sites is 1. The van der Waals surface area contributed by atoms with Gasteiger partial charge >= 0.3 is 0 Å². The maximum absolute atomic E-state index is 9.18. The minimum absolute atomic E-state index is 0.0358. The SMILES string of the molecule is OCc1nc2cccc3c2n1CCC3. The summed E-state index contributed by atoms with van der Waals surface area (Å²) in [6.45, 7) is 1.03. The van der Waals surface area contributed by atoms with Crippen molar-refractivity contribution in [3.63, 3.8) is 0 Å². The monoisotopic (exact) mass is 188 g/mol. The van der Waals surface area contributed by atoms with Crippen LogP contribution in [-0.2, 0) is 19.6 Å². The summed E-state index contributed by atoms with van der Waals surface area (Å²) in [5.74, 6) is 0.798. The van der Waals surface area contributed by atoms with Gasteiger partial charge < -0.3 is 9.67 Å². The van der Waals surface area contributed by atoms with Crippen molar-refractivity contribution in [3.05, 3.63) is 29.6 Å². The van der Waals surface area contributed by atoms with Crippen molar-refractivity contribution in [1.29, 1.82) is 0 Å². The largest absolute Gasteiger partial charge is 0.388 e. The lowest BCUT2D eigenvalue weighted by Crippen LogP contribution is -2.10. The number of imidazole rings is 1. The van der Waals surface area contributed by atoms with Gasteiger partial charge in [-0.25, -0.2) is 4.98 Å². The molecule has 3 heteroatoms. The van der Waals surface area contributed by atoms with Gasteiger partial charge in [0.05, 0.1) is 11.0 Å². The van der Waals surface area contributed by atoms with Crippen molar-refractivity contribution in [1.82, 2.24) is 9.55 Å². The minimum Gasteiger partial charge on any atom is -0.388 e. The lowest BCUT2D eigenvalue weighted by molar-refractivity contribution is 0.265. The van der Waals surface area contributed by atoms with E-state index in [2.05, 4.69) is 15.6 Å². The molecule has 0 spiro atoms. The lowest BCUT2D eigenvalue weighted by Gasteiger charge is -2.15. The van der Waals surface area contributed by atoms with Crippen molar-refractivity contribution in [2.45, 2.75) is 26.0 Å². The molecular formula is C11H12N2O. The summed E-state index contributed by atoms with van der Waals surface area (Å²) in [4.78, 5) is 4.42. The Hall–Kier alpha value is -1.35. The minimum atomic E-state index is 0.0358. The van der Waals surface area contributed by atoms with Crippen LogP contribution in [0, 0.1) is 0 Å². The molecule has 0 saturated heterocycles. The van der Waals surface area contributed by atoms with Crippen molar-refractivity contribution in [2.75, 3.05) is 0 Å². The predicted octanol–water partition coefficient (Wildman–Crippen LogP) is 1.47. The lowest BCUT2D eigenvalue weighted by atomic mass is 10.0. The van der Waals surface area contributed by atoms with Gasteiger partial charge in [-0.2, -0.15) is 0 Å². The van der Waals surface area contributed by atoms with Gasteiger partial charge in [-0.3, -0.25) is 0 Å². The maximum Gasteiger partial charge on any atom is 0.135 e. The van der Waals surface area contributed by atoms with Crippen LogP contribution in [0.5, 0.6) is 0 Å². The fraction of sp³-hybridized carbons (Fsp3) is 0.364. The van der Waals surface area contributed by atoms with Crippen molar-refractivity contribution in [2.24, 2.45) is 0 Å². The number of aliphatic hydroxyl groups is 1. The van der Waals surface area contributed by atoms with E-state index in [0.717, 1.165) is 30.7 Å². The third-order valence-corrected chi connectivity index (χ3v) is 2.90. The topological polar surface area (TPSA) is 38.1 Å². The van der Waals surface area contributed by atoms with Gasteiger partial charge in [0.15, 0.2) is 0 Å². The van der Waals surface area contributed by atoms with E-state index in [1.54, 1.807) is 0 Å². The zero-order valence-electron chi connectivity index (χ0n) is 7.90. The Balaban J connectivity index is 2.42. The third kappa shape index (κ3) is 0.930. The van der Waals surface area contributed by atoms with E-state index < -0.39 is 0 Å². The number of rotatable bonds is 1. The summed E-state index contributed by atoms with van der Waals surface area (Å²) in [7, 11) is 0. The first-order valence-corrected chi connectivity index (χ1v) is 4.98. The van der Waals surface area contributed by atoms with Crippen LogP contribution < -0.4 is 0 Å². The molecule has 3 rings (SSSR count). The molecule has 0 bridgehead atoms. The Morgan fingerprint density at radius 3 is 3.21 bits per heavy atom. The quantitative estimate of drug-likeness (QED) is 0.736. The molecular weight excluding hydrogens is 176 g/mol. The molecule has 1 aromatic heterocycles. The fourth-order valence-corrected chi connectivity index (χ4v) is 2.30. The van der Waals surface area contributed by atoms with Crippen LogP contribution >= 0.6 is 0 Å². The van der Waals surface area contributed by atoms with Gasteiger partial charge in [0, 0.05) is 6.54 Å². The van der Waals surface area contributed by atoms with E-state index in [4.69, 9.17) is 0 Å². The Labute approximate surface area is 82.0 Å². The normalized spacial score (nSPS) is 14.9. The van der Waals surface area contributed by atoms with E-state index in [-0.39, 0.29) is 6.61 Å². The molecule has 0 aliphatic carbocycles. The summed E-state index contributed by atoms with van der Waals surface area (Å²) in [5, 5.41) is 9.18. The van der Waals surface area contributed by atoms with Gasteiger partial charge in [-0.1, -0.05) is 12.1 Å². The molecule has 2 aromatic rings. The van der Waals surface area contributed by atoms with Crippen LogP contribution in [0.25, 0.3) is 11.0 Å². The van der Waals surface area contributed by atoms with Crippen LogP contribution in [-0.4, -0.2) is 14.7 Å². The van der Waals surface area contributed by atoms with Crippen LogP contribution in [0.15, 0.2) is 18.2 Å². The number of hydrogen-bond donors (Lipinski definition) is 1. The summed E-state index contributed by atoms with van der Waals surface area (Å²) < 4.78 is 2.15. The zero-order valence-corrected chi connectivity index (χ0v) is 7.90. The van der Waals surface area contributed by atoms with Crippen molar-refractivity contribution in [3.8, 4) is 0 Å². The molecule has 1 N–H and O–H groups in total. The molecule has 1 aliphatic rings. The second kappa shape index (κ2) is 2.82. The van der Waals surface area contributed by atoms with Gasteiger partial charge in [0.25, 0.3) is 0 Å². The molecule has 0 unspecified atom stereocenters. The summed E-state index contributed by atoms with van der Waals surface area (Å²) >= 11 is 0. The average Bonchev–Trinajstić information content (AvgIpc) is 2.60. The molecule has 0 saturated carbocycles. The smallest absolute Gasteiger partial charge is 0.135 e. The molecule has 1 aliphatic heterocycles.